The zero-order valence-corrected chi connectivity index (χ0v) is 17.7. The van der Waals surface area contributed by atoms with Crippen LogP contribution in [-0.4, -0.2) is 28.3 Å². The molecule has 30 heavy (non-hydrogen) atoms. The van der Waals surface area contributed by atoms with Gasteiger partial charge in [-0.2, -0.15) is 5.10 Å². The zero-order valence-electron chi connectivity index (χ0n) is 16.2. The molecular formula is C21H18Cl2FN3O3. The molecule has 6 nitrogen and oxygen atoms in total. The quantitative estimate of drug-likeness (QED) is 0.555. The van der Waals surface area contributed by atoms with Crippen molar-refractivity contribution in [1.29, 1.82) is 0 Å². The number of aromatic nitrogens is 2. The summed E-state index contributed by atoms with van der Waals surface area (Å²) in [4.78, 5) is 24.6. The molecule has 1 atom stereocenters. The van der Waals surface area contributed by atoms with Gasteiger partial charge in [0.2, 0.25) is 0 Å². The van der Waals surface area contributed by atoms with Gasteiger partial charge in [-0.25, -0.2) is 13.9 Å². The van der Waals surface area contributed by atoms with Crippen LogP contribution >= 0.6 is 23.2 Å². The first kappa shape index (κ1) is 21.8. The third-order valence-electron chi connectivity index (χ3n) is 4.36. The summed E-state index contributed by atoms with van der Waals surface area (Å²) in [6, 6.07) is 12.2. The summed E-state index contributed by atoms with van der Waals surface area (Å²) in [5, 5.41) is 7.55. The molecule has 0 saturated carbocycles. The van der Waals surface area contributed by atoms with E-state index in [0.717, 1.165) is 5.56 Å². The second kappa shape index (κ2) is 9.28. The molecule has 0 aliphatic heterocycles. The molecule has 0 saturated heterocycles. The number of nitrogens with zero attached hydrogens (tertiary/aromatic N) is 2. The predicted octanol–water partition coefficient (Wildman–Crippen LogP) is 4.66. The van der Waals surface area contributed by atoms with Crippen molar-refractivity contribution in [2.75, 3.05) is 6.61 Å². The van der Waals surface area contributed by atoms with E-state index >= 15 is 0 Å². The summed E-state index contributed by atoms with van der Waals surface area (Å²) in [6.45, 7) is 2.91. The number of halogens is 3. The molecule has 1 aromatic heterocycles. The monoisotopic (exact) mass is 449 g/mol. The molecule has 1 amide bonds. The number of aryl methyl sites for hydroxylation is 1. The lowest BCUT2D eigenvalue weighted by molar-refractivity contribution is -0.124. The van der Waals surface area contributed by atoms with Crippen molar-refractivity contribution >= 4 is 35.1 Å². The Morgan fingerprint density at radius 3 is 2.40 bits per heavy atom. The summed E-state index contributed by atoms with van der Waals surface area (Å²) in [6.07, 6.45) is 0. The van der Waals surface area contributed by atoms with Gasteiger partial charge in [0.25, 0.3) is 5.91 Å². The van der Waals surface area contributed by atoms with Crippen molar-refractivity contribution < 1.29 is 18.7 Å². The van der Waals surface area contributed by atoms with Crippen LogP contribution in [0.3, 0.4) is 0 Å². The molecule has 2 aromatic carbocycles. The third-order valence-corrected chi connectivity index (χ3v) is 4.96. The number of nitrogens with one attached hydrogen (secondary N) is 1. The number of hydrogen-bond donors (Lipinski definition) is 1. The van der Waals surface area contributed by atoms with E-state index < -0.39 is 24.3 Å². The van der Waals surface area contributed by atoms with Crippen LogP contribution in [0.4, 0.5) is 4.39 Å². The lowest BCUT2D eigenvalue weighted by Crippen LogP contribution is -2.31. The van der Waals surface area contributed by atoms with E-state index in [1.165, 1.54) is 28.9 Å². The Balaban J connectivity index is 1.64. The zero-order chi connectivity index (χ0) is 21.8. The maximum absolute atomic E-state index is 13.1. The molecular weight excluding hydrogens is 432 g/mol. The second-order valence-electron chi connectivity index (χ2n) is 6.56. The number of benzene rings is 2. The number of amides is 1. The van der Waals surface area contributed by atoms with Gasteiger partial charge in [0.05, 0.1) is 17.4 Å². The van der Waals surface area contributed by atoms with E-state index in [1.54, 1.807) is 38.1 Å². The maximum atomic E-state index is 13.1. The Morgan fingerprint density at radius 1 is 1.13 bits per heavy atom. The number of rotatable bonds is 6. The number of ether oxygens (including phenoxy) is 1. The molecule has 3 rings (SSSR count). The highest BCUT2D eigenvalue weighted by atomic mass is 35.5. The molecule has 156 valence electrons. The highest BCUT2D eigenvalue weighted by Gasteiger charge is 2.23. The van der Waals surface area contributed by atoms with Crippen molar-refractivity contribution in [1.82, 2.24) is 15.1 Å². The molecule has 0 bridgehead atoms. The van der Waals surface area contributed by atoms with E-state index in [1.807, 2.05) is 0 Å². The van der Waals surface area contributed by atoms with Crippen LogP contribution in [0.1, 0.15) is 34.6 Å². The van der Waals surface area contributed by atoms with E-state index in [2.05, 4.69) is 10.4 Å². The van der Waals surface area contributed by atoms with Crippen LogP contribution in [-0.2, 0) is 9.53 Å². The van der Waals surface area contributed by atoms with Crippen molar-refractivity contribution in [2.45, 2.75) is 19.9 Å². The van der Waals surface area contributed by atoms with Gasteiger partial charge in [-0.1, -0.05) is 35.3 Å². The first-order valence-corrected chi connectivity index (χ1v) is 9.75. The molecule has 1 heterocycles. The predicted molar refractivity (Wildman–Crippen MR) is 112 cm³/mol. The van der Waals surface area contributed by atoms with Crippen LogP contribution in [0.2, 0.25) is 10.2 Å². The van der Waals surface area contributed by atoms with Crippen molar-refractivity contribution in [3.63, 3.8) is 0 Å². The molecule has 1 N–H and O–H groups in total. The summed E-state index contributed by atoms with van der Waals surface area (Å²) in [5.41, 5.74) is 1.71. The molecule has 0 aliphatic carbocycles. The Bertz CT molecular complexity index is 1070. The number of carbonyl (C=O) groups excluding carboxylic acids is 2. The fourth-order valence-electron chi connectivity index (χ4n) is 2.81. The largest absolute Gasteiger partial charge is 0.452 e. The van der Waals surface area contributed by atoms with E-state index in [0.29, 0.717) is 16.4 Å². The number of carbonyl (C=O) groups is 2. The lowest BCUT2D eigenvalue weighted by atomic mass is 10.1. The standard InChI is InChI=1S/C21H18Cl2FN3O3/c1-12(14-3-5-15(22)6-4-14)25-18(28)11-30-21(29)19-13(2)26-27(20(19)23)17-9-7-16(24)8-10-17/h3-10,12H,11H2,1-2H3,(H,25,28). The summed E-state index contributed by atoms with van der Waals surface area (Å²) in [5.74, 6) is -1.65. The van der Waals surface area contributed by atoms with Crippen molar-refractivity contribution in [3.05, 3.63) is 81.3 Å². The Hall–Kier alpha value is -2.90. The fourth-order valence-corrected chi connectivity index (χ4v) is 3.28. The van der Waals surface area contributed by atoms with E-state index in [4.69, 9.17) is 27.9 Å². The van der Waals surface area contributed by atoms with Gasteiger partial charge in [0, 0.05) is 5.02 Å². The molecule has 1 unspecified atom stereocenters. The van der Waals surface area contributed by atoms with Crippen LogP contribution < -0.4 is 5.32 Å². The van der Waals surface area contributed by atoms with E-state index in [-0.39, 0.29) is 16.8 Å². The van der Waals surface area contributed by atoms with Gasteiger partial charge in [-0.15, -0.1) is 0 Å². The topological polar surface area (TPSA) is 73.2 Å². The van der Waals surface area contributed by atoms with E-state index in [9.17, 15) is 14.0 Å². The normalized spacial score (nSPS) is 11.8. The smallest absolute Gasteiger partial charge is 0.343 e. The minimum Gasteiger partial charge on any atom is -0.452 e. The van der Waals surface area contributed by atoms with Crippen LogP contribution in [0, 0.1) is 12.7 Å². The molecule has 3 aromatic rings. The first-order chi connectivity index (χ1) is 14.3. The maximum Gasteiger partial charge on any atom is 0.343 e. The minimum absolute atomic E-state index is 0.0130. The summed E-state index contributed by atoms with van der Waals surface area (Å²) >= 11 is 12.1. The molecule has 9 heteroatoms. The van der Waals surface area contributed by atoms with Crippen molar-refractivity contribution in [2.24, 2.45) is 0 Å². The Morgan fingerprint density at radius 2 is 1.77 bits per heavy atom. The fraction of sp³-hybridized carbons (Fsp3) is 0.190. The van der Waals surface area contributed by atoms with Gasteiger partial charge in [-0.05, 0) is 55.8 Å². The molecule has 0 fully saturated rings. The number of hydrogen-bond acceptors (Lipinski definition) is 4. The first-order valence-electron chi connectivity index (χ1n) is 8.99. The SMILES string of the molecule is Cc1nn(-c2ccc(F)cc2)c(Cl)c1C(=O)OCC(=O)NC(C)c1ccc(Cl)cc1. The minimum atomic E-state index is -0.778. The van der Waals surface area contributed by atoms with Gasteiger partial charge in [-0.3, -0.25) is 4.79 Å². The molecule has 0 radical (unpaired) electrons. The van der Waals surface area contributed by atoms with Crippen LogP contribution in [0.5, 0.6) is 0 Å². The average Bonchev–Trinajstić information content (AvgIpc) is 3.01. The highest BCUT2D eigenvalue weighted by molar-refractivity contribution is 6.33. The van der Waals surface area contributed by atoms with Gasteiger partial charge in [0.1, 0.15) is 16.5 Å². The third kappa shape index (κ3) is 4.98. The number of esters is 1. The van der Waals surface area contributed by atoms with Crippen molar-refractivity contribution in [3.8, 4) is 5.69 Å². The second-order valence-corrected chi connectivity index (χ2v) is 7.35. The van der Waals surface area contributed by atoms with Gasteiger partial charge >= 0.3 is 5.97 Å². The molecule has 0 spiro atoms. The Labute approximate surface area is 182 Å². The highest BCUT2D eigenvalue weighted by Crippen LogP contribution is 2.24. The van der Waals surface area contributed by atoms with Gasteiger partial charge in [0.15, 0.2) is 6.61 Å². The van der Waals surface area contributed by atoms with Crippen LogP contribution in [0.15, 0.2) is 48.5 Å². The average molecular weight is 450 g/mol. The lowest BCUT2D eigenvalue weighted by Gasteiger charge is -2.14. The van der Waals surface area contributed by atoms with Crippen LogP contribution in [0.25, 0.3) is 5.69 Å². The summed E-state index contributed by atoms with van der Waals surface area (Å²) < 4.78 is 19.5. The summed E-state index contributed by atoms with van der Waals surface area (Å²) in [7, 11) is 0. The van der Waals surface area contributed by atoms with Gasteiger partial charge < -0.3 is 10.1 Å². The Kier molecular flexibility index (Phi) is 6.74. The molecule has 0 aliphatic rings.